The first-order valence-electron chi connectivity index (χ1n) is 13.2. The van der Waals surface area contributed by atoms with Crippen molar-refractivity contribution in [1.29, 1.82) is 0 Å². The number of benzene rings is 3. The van der Waals surface area contributed by atoms with Gasteiger partial charge >= 0.3 is 12.1 Å². The Kier molecular flexibility index (Phi) is 8.63. The highest BCUT2D eigenvalue weighted by molar-refractivity contribution is 5.73. The molecule has 0 saturated carbocycles. The second-order valence-corrected chi connectivity index (χ2v) is 10.7. The minimum absolute atomic E-state index is 0.101. The van der Waals surface area contributed by atoms with Crippen molar-refractivity contribution < 1.29 is 37.7 Å². The Bertz CT molecular complexity index is 1290. The zero-order chi connectivity index (χ0) is 29.1. The van der Waals surface area contributed by atoms with E-state index in [0.717, 1.165) is 36.7 Å². The van der Waals surface area contributed by atoms with Crippen molar-refractivity contribution in [1.82, 2.24) is 4.90 Å². The lowest BCUT2D eigenvalue weighted by atomic mass is 9.68. The summed E-state index contributed by atoms with van der Waals surface area (Å²) in [5.74, 6) is -0.631. The van der Waals surface area contributed by atoms with Gasteiger partial charge in [-0.25, -0.2) is 4.79 Å². The Labute approximate surface area is 232 Å². The molecule has 0 radical (unpaired) electrons. The van der Waals surface area contributed by atoms with E-state index in [0.29, 0.717) is 0 Å². The van der Waals surface area contributed by atoms with Gasteiger partial charge in [0.05, 0.1) is 0 Å². The van der Waals surface area contributed by atoms with Crippen molar-refractivity contribution in [2.45, 2.75) is 56.9 Å². The van der Waals surface area contributed by atoms with Crippen LogP contribution in [0.4, 0.5) is 13.2 Å². The lowest BCUT2D eigenvalue weighted by Crippen LogP contribution is -2.53. The van der Waals surface area contributed by atoms with E-state index in [1.54, 1.807) is 12.1 Å². The minimum atomic E-state index is -5.08. The Morgan fingerprint density at radius 3 is 2.23 bits per heavy atom. The van der Waals surface area contributed by atoms with E-state index in [4.69, 9.17) is 19.4 Å². The number of likely N-dealkylation sites (tertiary alicyclic amines) is 1. The van der Waals surface area contributed by atoms with Crippen LogP contribution in [0.2, 0.25) is 0 Å². The number of halogens is 3. The molecule has 214 valence electrons. The van der Waals surface area contributed by atoms with Crippen LogP contribution < -0.4 is 9.47 Å². The van der Waals surface area contributed by atoms with Gasteiger partial charge in [0.2, 0.25) is 0 Å². The van der Waals surface area contributed by atoms with Crippen LogP contribution in [0.5, 0.6) is 17.2 Å². The number of hydrogen-bond acceptors (Lipinski definition) is 5. The molecule has 2 atom stereocenters. The summed E-state index contributed by atoms with van der Waals surface area (Å²) in [6.07, 6.45) is -3.62. The van der Waals surface area contributed by atoms with E-state index in [1.807, 2.05) is 6.07 Å². The maximum absolute atomic E-state index is 10.6. The lowest BCUT2D eigenvalue weighted by Gasteiger charge is -2.45. The Morgan fingerprint density at radius 2 is 1.65 bits per heavy atom. The predicted octanol–water partition coefficient (Wildman–Crippen LogP) is 6.59. The van der Waals surface area contributed by atoms with E-state index in [1.165, 1.54) is 17.5 Å². The van der Waals surface area contributed by atoms with E-state index >= 15 is 0 Å². The first-order valence-corrected chi connectivity index (χ1v) is 13.2. The molecular weight excluding hydrogens is 523 g/mol. The number of aromatic hydroxyl groups is 1. The fraction of sp³-hybridized carbons (Fsp3) is 0.387. The summed E-state index contributed by atoms with van der Waals surface area (Å²) in [5, 5.41) is 17.2. The van der Waals surface area contributed by atoms with E-state index in [-0.39, 0.29) is 23.7 Å². The molecule has 3 aromatic rings. The average Bonchev–Trinajstić information content (AvgIpc) is 2.87. The van der Waals surface area contributed by atoms with Crippen LogP contribution in [0.25, 0.3) is 0 Å². The van der Waals surface area contributed by atoms with Crippen LogP contribution >= 0.6 is 0 Å². The number of carbonyl (C=O) groups is 1. The molecule has 2 aliphatic heterocycles. The third kappa shape index (κ3) is 6.70. The first kappa shape index (κ1) is 29.3. The molecule has 0 amide bonds. The van der Waals surface area contributed by atoms with Crippen molar-refractivity contribution in [2.75, 3.05) is 19.6 Å². The van der Waals surface area contributed by atoms with Crippen LogP contribution in [0, 0.1) is 0 Å². The number of hydrogen-bond donors (Lipinski definition) is 2. The molecule has 2 aliphatic rings. The zero-order valence-corrected chi connectivity index (χ0v) is 22.7. The molecule has 6 nitrogen and oxygen atoms in total. The van der Waals surface area contributed by atoms with Crippen molar-refractivity contribution in [2.24, 2.45) is 0 Å². The monoisotopic (exact) mass is 557 g/mol. The highest BCUT2D eigenvalue weighted by Gasteiger charge is 2.45. The number of phenols is 1. The molecule has 2 heterocycles. The van der Waals surface area contributed by atoms with Gasteiger partial charge in [-0.1, -0.05) is 55.5 Å². The van der Waals surface area contributed by atoms with Crippen LogP contribution in [0.15, 0.2) is 72.8 Å². The van der Waals surface area contributed by atoms with Gasteiger partial charge in [-0.3, -0.25) is 4.90 Å². The summed E-state index contributed by atoms with van der Waals surface area (Å²) in [7, 11) is 0. The standard InChI is InChI=1S/C29H33NO3.C2HF3O2/c1-4-16-30-18-24(19-30)32-23-13-10-20(11-14-23)27-25-15-12-22(31)17-26(25)33-29(2,3)28(27)21-8-6-5-7-9-21;3-2(4,5)1(6)7/h5-15,17,24,27-28,31H,4,16,18-19H2,1-3H3;(H,6,7)/t27-,28+;/m0./s1. The summed E-state index contributed by atoms with van der Waals surface area (Å²) in [4.78, 5) is 11.3. The van der Waals surface area contributed by atoms with Gasteiger partial charge in [-0.05, 0) is 56.1 Å². The molecule has 1 fully saturated rings. The van der Waals surface area contributed by atoms with Gasteiger partial charge in [0, 0.05) is 36.6 Å². The predicted molar refractivity (Wildman–Crippen MR) is 145 cm³/mol. The number of alkyl halides is 3. The summed E-state index contributed by atoms with van der Waals surface area (Å²) in [6, 6.07) is 24.7. The molecule has 0 spiro atoms. The molecule has 40 heavy (non-hydrogen) atoms. The van der Waals surface area contributed by atoms with Gasteiger partial charge < -0.3 is 19.7 Å². The number of phenolic OH excluding ortho intramolecular Hbond substituents is 1. The Morgan fingerprint density at radius 1 is 1.02 bits per heavy atom. The number of carboxylic acids is 1. The fourth-order valence-corrected chi connectivity index (χ4v) is 5.46. The number of aliphatic carboxylic acids is 1. The SMILES string of the molecule is CCCN1CC(Oc2ccc([C@H]3c4ccc(O)cc4OC(C)(C)[C@@H]3c3ccccc3)cc2)C1.O=C(O)C(F)(F)F. The molecule has 0 unspecified atom stereocenters. The number of carboxylic acid groups (broad SMARTS) is 1. The van der Waals surface area contributed by atoms with Gasteiger partial charge in [-0.15, -0.1) is 0 Å². The quantitative estimate of drug-likeness (QED) is 0.356. The summed E-state index contributed by atoms with van der Waals surface area (Å²) in [6.45, 7) is 9.66. The first-order chi connectivity index (χ1) is 18.9. The molecule has 0 bridgehead atoms. The van der Waals surface area contributed by atoms with Crippen molar-refractivity contribution in [3.8, 4) is 17.2 Å². The van der Waals surface area contributed by atoms with E-state index in [2.05, 4.69) is 80.3 Å². The average molecular weight is 558 g/mol. The summed E-state index contributed by atoms with van der Waals surface area (Å²) >= 11 is 0. The Balaban J connectivity index is 0.000000470. The largest absolute Gasteiger partial charge is 0.508 e. The molecule has 2 N–H and O–H groups in total. The maximum Gasteiger partial charge on any atom is 0.490 e. The third-order valence-electron chi connectivity index (χ3n) is 7.19. The van der Waals surface area contributed by atoms with Crippen LogP contribution in [-0.4, -0.2) is 58.6 Å². The molecule has 0 aliphatic carbocycles. The molecule has 9 heteroatoms. The molecular formula is C31H34F3NO5. The van der Waals surface area contributed by atoms with E-state index < -0.39 is 17.7 Å². The van der Waals surface area contributed by atoms with Crippen molar-refractivity contribution in [3.63, 3.8) is 0 Å². The van der Waals surface area contributed by atoms with Gasteiger partial charge in [0.25, 0.3) is 0 Å². The second-order valence-electron chi connectivity index (χ2n) is 10.7. The number of rotatable bonds is 6. The van der Waals surface area contributed by atoms with Gasteiger partial charge in [0.15, 0.2) is 0 Å². The smallest absolute Gasteiger partial charge is 0.490 e. The maximum atomic E-state index is 10.6. The molecule has 1 saturated heterocycles. The number of ether oxygens (including phenoxy) is 2. The number of nitrogens with zero attached hydrogens (tertiary/aromatic N) is 1. The second kappa shape index (κ2) is 11.8. The van der Waals surface area contributed by atoms with Crippen LogP contribution in [0.1, 0.15) is 55.7 Å². The molecule has 3 aromatic carbocycles. The van der Waals surface area contributed by atoms with E-state index in [9.17, 15) is 18.3 Å². The third-order valence-corrected chi connectivity index (χ3v) is 7.19. The van der Waals surface area contributed by atoms with Gasteiger partial charge in [0.1, 0.15) is 29.0 Å². The molecule has 5 rings (SSSR count). The molecule has 0 aromatic heterocycles. The topological polar surface area (TPSA) is 79.2 Å². The lowest BCUT2D eigenvalue weighted by molar-refractivity contribution is -0.192. The summed E-state index contributed by atoms with van der Waals surface area (Å²) in [5.41, 5.74) is 3.12. The normalized spacial score (nSPS) is 20.2. The van der Waals surface area contributed by atoms with Crippen molar-refractivity contribution in [3.05, 3.63) is 89.5 Å². The Hall–Kier alpha value is -3.72. The van der Waals surface area contributed by atoms with Gasteiger partial charge in [-0.2, -0.15) is 13.2 Å². The highest BCUT2D eigenvalue weighted by Crippen LogP contribution is 2.53. The highest BCUT2D eigenvalue weighted by atomic mass is 19.4. The van der Waals surface area contributed by atoms with Crippen molar-refractivity contribution >= 4 is 5.97 Å². The summed E-state index contributed by atoms with van der Waals surface area (Å²) < 4.78 is 44.4. The van der Waals surface area contributed by atoms with Crippen LogP contribution in [-0.2, 0) is 4.79 Å². The fourth-order valence-electron chi connectivity index (χ4n) is 5.46. The zero-order valence-electron chi connectivity index (χ0n) is 22.7. The minimum Gasteiger partial charge on any atom is -0.508 e. The van der Waals surface area contributed by atoms with Crippen LogP contribution in [0.3, 0.4) is 0 Å². The number of fused-ring (bicyclic) bond motifs is 1.